The number of benzene rings is 2. The topological polar surface area (TPSA) is 256 Å². The van der Waals surface area contributed by atoms with E-state index in [9.17, 15) is 41.9 Å². The number of aromatic nitrogens is 4. The van der Waals surface area contributed by atoms with E-state index in [4.69, 9.17) is 15.2 Å². The normalized spacial score (nSPS) is 14.3. The number of pyridine rings is 2. The van der Waals surface area contributed by atoms with E-state index in [1.807, 2.05) is 19.1 Å². The van der Waals surface area contributed by atoms with Gasteiger partial charge in [0, 0.05) is 72.4 Å². The van der Waals surface area contributed by atoms with Crippen molar-refractivity contribution in [3.63, 3.8) is 0 Å². The molecule has 22 heteroatoms. The fourth-order valence-electron chi connectivity index (χ4n) is 8.46. The fourth-order valence-corrected chi connectivity index (χ4v) is 8.46. The van der Waals surface area contributed by atoms with Crippen LogP contribution < -0.4 is 31.9 Å². The first kappa shape index (κ1) is 53.1. The van der Waals surface area contributed by atoms with Gasteiger partial charge in [-0.25, -0.2) is 14.8 Å². The monoisotopic (exact) mass is 1010 g/mol. The highest BCUT2D eigenvalue weighted by Crippen LogP contribution is 2.33. The summed E-state index contributed by atoms with van der Waals surface area (Å²) in [5, 5.41) is 18.6. The first-order valence-corrected chi connectivity index (χ1v) is 24.1. The van der Waals surface area contributed by atoms with Gasteiger partial charge in [0.1, 0.15) is 17.2 Å². The van der Waals surface area contributed by atoms with E-state index >= 15 is 0 Å². The number of alkyl halides is 3. The van der Waals surface area contributed by atoms with Crippen molar-refractivity contribution in [1.29, 1.82) is 0 Å². The first-order valence-electron chi connectivity index (χ1n) is 24.1. The van der Waals surface area contributed by atoms with Gasteiger partial charge in [-0.3, -0.25) is 39.3 Å². The maximum Gasteiger partial charge on any atom is 0.416 e. The van der Waals surface area contributed by atoms with E-state index in [1.54, 1.807) is 41.4 Å². The van der Waals surface area contributed by atoms with Crippen molar-refractivity contribution in [3.8, 4) is 11.3 Å². The smallest absolute Gasteiger partial charge is 0.383 e. The van der Waals surface area contributed by atoms with Crippen molar-refractivity contribution in [2.24, 2.45) is 0 Å². The molecule has 1 saturated heterocycles. The summed E-state index contributed by atoms with van der Waals surface area (Å²) in [7, 11) is 0. The molecule has 73 heavy (non-hydrogen) atoms. The van der Waals surface area contributed by atoms with Crippen LogP contribution in [-0.4, -0.2) is 119 Å². The number of nitrogens with two attached hydrogens (primary N) is 1. The molecule has 0 radical (unpaired) electrons. The van der Waals surface area contributed by atoms with Crippen molar-refractivity contribution >= 4 is 69.9 Å². The molecule has 386 valence electrons. The number of nitrogens with one attached hydrogen (secondary N) is 5. The van der Waals surface area contributed by atoms with Crippen molar-refractivity contribution in [3.05, 3.63) is 101 Å². The highest BCUT2D eigenvalue weighted by atomic mass is 19.4. The summed E-state index contributed by atoms with van der Waals surface area (Å²) in [5.41, 5.74) is 9.65. The Morgan fingerprint density at radius 2 is 1.68 bits per heavy atom. The fraction of sp³-hybridized carbons (Fsp3) is 0.392. The second-order valence-corrected chi connectivity index (χ2v) is 17.6. The number of fused-ring (bicyclic) bond motifs is 1. The lowest BCUT2D eigenvalue weighted by atomic mass is 9.95. The van der Waals surface area contributed by atoms with Crippen LogP contribution in [0.25, 0.3) is 28.2 Å². The molecular weight excluding hydrogens is 952 g/mol. The molecule has 0 spiro atoms. The Hall–Kier alpha value is -7.72. The minimum absolute atomic E-state index is 0.0559. The maximum atomic E-state index is 13.5. The third-order valence-corrected chi connectivity index (χ3v) is 12.3. The number of hydrogen-bond acceptors (Lipinski definition) is 12. The van der Waals surface area contributed by atoms with E-state index in [0.29, 0.717) is 58.4 Å². The van der Waals surface area contributed by atoms with Gasteiger partial charge in [-0.05, 0) is 74.6 Å². The Kier molecular flexibility index (Phi) is 18.2. The van der Waals surface area contributed by atoms with Gasteiger partial charge >= 0.3 is 12.2 Å². The molecule has 0 atom stereocenters. The van der Waals surface area contributed by atoms with E-state index < -0.39 is 23.7 Å². The van der Waals surface area contributed by atoms with Gasteiger partial charge < -0.3 is 36.1 Å². The Labute approximate surface area is 418 Å². The molecule has 19 nitrogen and oxygen atoms in total. The quantitative estimate of drug-likeness (QED) is 0.0404. The number of carbonyl (C=O) groups excluding carboxylic acids is 6. The predicted molar refractivity (Wildman–Crippen MR) is 266 cm³/mol. The zero-order chi connectivity index (χ0) is 51.9. The number of urea groups is 1. The van der Waals surface area contributed by atoms with Gasteiger partial charge in [0.25, 0.3) is 11.8 Å². The number of amides is 7. The van der Waals surface area contributed by atoms with Gasteiger partial charge in [0.05, 0.1) is 56.0 Å². The average molecular weight is 1010 g/mol. The summed E-state index contributed by atoms with van der Waals surface area (Å²) in [4.78, 5) is 87.5. The molecule has 2 aromatic carbocycles. The van der Waals surface area contributed by atoms with Gasteiger partial charge in [-0.2, -0.15) is 18.3 Å². The number of halogens is 3. The lowest BCUT2D eigenvalue weighted by Gasteiger charge is -2.28. The number of nitrogens with zero attached hydrogens (tertiary/aromatic N) is 5. The second-order valence-electron chi connectivity index (χ2n) is 17.6. The zero-order valence-electron chi connectivity index (χ0n) is 40.3. The van der Waals surface area contributed by atoms with Crippen LogP contribution in [0.4, 0.5) is 35.3 Å². The van der Waals surface area contributed by atoms with Crippen LogP contribution in [0.5, 0.6) is 0 Å². The third-order valence-electron chi connectivity index (χ3n) is 12.3. The Bertz CT molecular complexity index is 2810. The molecule has 1 saturated carbocycles. The van der Waals surface area contributed by atoms with E-state index in [0.717, 1.165) is 56.0 Å². The maximum absolute atomic E-state index is 13.5. The molecule has 4 heterocycles. The molecule has 7 N–H and O–H groups in total. The Balaban J connectivity index is 0.862. The van der Waals surface area contributed by atoms with Crippen LogP contribution in [0.2, 0.25) is 0 Å². The van der Waals surface area contributed by atoms with Crippen LogP contribution in [0.3, 0.4) is 0 Å². The van der Waals surface area contributed by atoms with Crippen molar-refractivity contribution in [1.82, 2.24) is 41.0 Å². The number of aryl methyl sites for hydroxylation is 1. The number of rotatable bonds is 22. The Morgan fingerprint density at radius 3 is 2.44 bits per heavy atom. The summed E-state index contributed by atoms with van der Waals surface area (Å²) in [6, 6.07) is 12.5. The number of ether oxygens (including phenoxy) is 2. The minimum Gasteiger partial charge on any atom is -0.383 e. The lowest BCUT2D eigenvalue weighted by Crippen LogP contribution is -2.49. The highest BCUT2D eigenvalue weighted by molar-refractivity contribution is 6.07. The minimum atomic E-state index is -4.59. The van der Waals surface area contributed by atoms with E-state index in [-0.39, 0.29) is 106 Å². The number of imide groups is 1. The Morgan fingerprint density at radius 1 is 0.932 bits per heavy atom. The molecule has 5 aromatic rings. The molecule has 7 rings (SSSR count). The number of carbonyl (C=O) groups is 6. The summed E-state index contributed by atoms with van der Waals surface area (Å²) < 4.78 is 50.8. The zero-order valence-corrected chi connectivity index (χ0v) is 40.3. The summed E-state index contributed by atoms with van der Waals surface area (Å²) in [6.45, 7) is 3.25. The summed E-state index contributed by atoms with van der Waals surface area (Å²) in [6.07, 6.45) is 8.14. The van der Waals surface area contributed by atoms with Gasteiger partial charge in [-0.1, -0.05) is 49.6 Å². The first-order chi connectivity index (χ1) is 35.1. The number of H-pyrrole nitrogens is 1. The molecule has 1 aliphatic heterocycles. The second kappa shape index (κ2) is 25.1. The molecular formula is C51H58F3N11O8. The predicted octanol–water partition coefficient (Wildman–Crippen LogP) is 6.55. The standard InChI is InChI=1S/C51H58F3N11O8/c1-32-11-12-35(28-39(32)65-23-18-41(66)61-50(65)71)48(69)57-21-25-73-27-26-72-24-19-43(68)64(31-42(67)59-38-9-5-2-6-10-38)22-7-3-4-8-36-30-58-47(55)44-45(62-63-46(36)44)33-13-15-34(16-14-33)49(70)60-40-29-37(17-20-56-40)51(52,53)54/h4,8,11-17,20,28-30,38H,2-3,5-7,9-10,18-19,21-27,31H2,1H3,(H2,55,58)(H,57,69)(H,59,67)(H,62,63)(H,56,60,70)(H,61,66,71)/b8-4+. The van der Waals surface area contributed by atoms with E-state index in [2.05, 4.69) is 41.4 Å². The lowest BCUT2D eigenvalue weighted by molar-refractivity contribution is -0.137. The van der Waals surface area contributed by atoms with Crippen LogP contribution in [0, 0.1) is 6.92 Å². The van der Waals surface area contributed by atoms with E-state index in [1.165, 1.54) is 17.0 Å². The number of anilines is 3. The third kappa shape index (κ3) is 14.7. The van der Waals surface area contributed by atoms with Crippen molar-refractivity contribution in [2.75, 3.05) is 68.6 Å². The molecule has 1 aliphatic carbocycles. The highest BCUT2D eigenvalue weighted by Gasteiger charge is 2.31. The summed E-state index contributed by atoms with van der Waals surface area (Å²) in [5.74, 6) is -1.79. The molecule has 0 bridgehead atoms. The number of hydrogen-bond donors (Lipinski definition) is 6. The van der Waals surface area contributed by atoms with Crippen molar-refractivity contribution in [2.45, 2.75) is 76.9 Å². The van der Waals surface area contributed by atoms with Gasteiger partial charge in [0.15, 0.2) is 0 Å². The largest absolute Gasteiger partial charge is 0.416 e. The van der Waals surface area contributed by atoms with Crippen LogP contribution in [0.1, 0.15) is 95.2 Å². The van der Waals surface area contributed by atoms with Crippen LogP contribution in [-0.2, 0) is 30.0 Å². The molecule has 3 aromatic heterocycles. The number of nitrogen functional groups attached to an aromatic ring is 1. The number of allylic oxidation sites excluding steroid dienone is 1. The van der Waals surface area contributed by atoms with Gasteiger partial charge in [0.2, 0.25) is 17.7 Å². The van der Waals surface area contributed by atoms with Crippen LogP contribution >= 0.6 is 0 Å². The number of unbranched alkanes of at least 4 members (excludes halogenated alkanes) is 1. The SMILES string of the molecule is Cc1ccc(C(=O)NCCOCCOCCC(=O)N(CCC/C=C/c2cnc(N)c3c(-c4ccc(C(=O)Nc5cc(C(F)(F)F)ccn5)cc4)[nH]nc23)CC(=O)NC2CCCCC2)cc1N1CCC(=O)NC1=O. The van der Waals surface area contributed by atoms with Crippen molar-refractivity contribution < 1.29 is 51.4 Å². The molecule has 0 unspecified atom stereocenters. The van der Waals surface area contributed by atoms with Crippen LogP contribution in [0.15, 0.2) is 73.1 Å². The molecule has 7 amide bonds. The molecule has 2 fully saturated rings. The summed E-state index contributed by atoms with van der Waals surface area (Å²) >= 11 is 0. The number of aromatic amines is 1. The van der Waals surface area contributed by atoms with Gasteiger partial charge in [-0.15, -0.1) is 0 Å². The average Bonchev–Trinajstić information content (AvgIpc) is 3.83. The molecule has 2 aliphatic rings.